The van der Waals surface area contributed by atoms with Crippen LogP contribution in [0.2, 0.25) is 0 Å². The first-order valence-corrected chi connectivity index (χ1v) is 13.6. The zero-order valence-corrected chi connectivity index (χ0v) is 22.5. The molecule has 9 nitrogen and oxygen atoms in total. The minimum atomic E-state index is -4.22. The highest BCUT2D eigenvalue weighted by Gasteiger charge is 2.28. The summed E-state index contributed by atoms with van der Waals surface area (Å²) in [5.74, 6) is -0.690. The lowest BCUT2D eigenvalue weighted by atomic mass is 9.91. The van der Waals surface area contributed by atoms with E-state index in [2.05, 4.69) is 14.8 Å². The van der Waals surface area contributed by atoms with Gasteiger partial charge in [-0.15, -0.1) is 0 Å². The number of nitrogens with zero attached hydrogens (tertiary/aromatic N) is 4. The Kier molecular flexibility index (Phi) is 7.65. The fraction of sp³-hybridized carbons (Fsp3) is 0.423. The summed E-state index contributed by atoms with van der Waals surface area (Å²) in [6.45, 7) is 4.31. The van der Waals surface area contributed by atoms with Crippen LogP contribution in [0, 0.1) is 5.82 Å². The molecule has 2 heterocycles. The Bertz CT molecular complexity index is 1430. The molecule has 198 valence electrons. The van der Waals surface area contributed by atoms with Crippen molar-refractivity contribution in [3.63, 3.8) is 0 Å². The maximum absolute atomic E-state index is 15.0. The number of aromatic nitrogens is 3. The topological polar surface area (TPSA) is 106 Å². The van der Waals surface area contributed by atoms with Gasteiger partial charge in [-0.3, -0.25) is 9.48 Å². The molecule has 0 bridgehead atoms. The monoisotopic (exact) mass is 529 g/mol. The van der Waals surface area contributed by atoms with Gasteiger partial charge in [0.1, 0.15) is 5.82 Å². The van der Waals surface area contributed by atoms with Crippen LogP contribution in [-0.4, -0.2) is 55.2 Å². The predicted octanol–water partition coefficient (Wildman–Crippen LogP) is 3.27. The van der Waals surface area contributed by atoms with E-state index in [4.69, 9.17) is 4.74 Å². The van der Waals surface area contributed by atoms with Crippen LogP contribution in [0.4, 0.5) is 4.39 Å². The second-order valence-electron chi connectivity index (χ2n) is 9.74. The van der Waals surface area contributed by atoms with Gasteiger partial charge in [0.25, 0.3) is 10.0 Å². The molecule has 0 saturated carbocycles. The van der Waals surface area contributed by atoms with Crippen LogP contribution in [-0.2, 0) is 40.6 Å². The lowest BCUT2D eigenvalue weighted by Crippen LogP contribution is -2.32. The molecule has 0 radical (unpaired) electrons. The van der Waals surface area contributed by atoms with Crippen LogP contribution in [0.1, 0.15) is 48.7 Å². The van der Waals surface area contributed by atoms with Gasteiger partial charge in [0, 0.05) is 30.9 Å². The van der Waals surface area contributed by atoms with Gasteiger partial charge in [-0.1, -0.05) is 0 Å². The van der Waals surface area contributed by atoms with E-state index in [-0.39, 0.29) is 23.3 Å². The average Bonchev–Trinajstić information content (AvgIpc) is 3.48. The Hall–Kier alpha value is -3.31. The van der Waals surface area contributed by atoms with Crippen LogP contribution in [0.15, 0.2) is 35.5 Å². The van der Waals surface area contributed by atoms with Gasteiger partial charge in [0.2, 0.25) is 11.8 Å². The van der Waals surface area contributed by atoms with E-state index in [1.165, 1.54) is 19.2 Å². The molecule has 0 unspecified atom stereocenters. The minimum Gasteiger partial charge on any atom is -0.481 e. The number of hydrogen-bond acceptors (Lipinski definition) is 7. The zero-order valence-electron chi connectivity index (χ0n) is 21.7. The van der Waals surface area contributed by atoms with Crippen LogP contribution in [0.5, 0.6) is 5.88 Å². The maximum Gasteiger partial charge on any atom is 0.283 e. The van der Waals surface area contributed by atoms with E-state index < -0.39 is 15.9 Å². The molecular formula is C26H32FN5O4S. The summed E-state index contributed by atoms with van der Waals surface area (Å²) in [6, 6.07) is 6.21. The molecule has 4 rings (SSSR count). The van der Waals surface area contributed by atoms with Gasteiger partial charge >= 0.3 is 0 Å². The molecule has 37 heavy (non-hydrogen) atoms. The largest absolute Gasteiger partial charge is 0.481 e. The summed E-state index contributed by atoms with van der Waals surface area (Å²) in [7, 11) is 1.03. The van der Waals surface area contributed by atoms with Crippen molar-refractivity contribution < 1.29 is 22.3 Å². The smallest absolute Gasteiger partial charge is 0.283 e. The number of hydrogen-bond donors (Lipinski definition) is 1. The first kappa shape index (κ1) is 26.7. The molecule has 11 heteroatoms. The highest BCUT2D eigenvalue weighted by molar-refractivity contribution is 7.90. The number of fused-ring (bicyclic) bond motifs is 1. The average molecular weight is 530 g/mol. The molecule has 3 aromatic rings. The molecule has 1 aliphatic carbocycles. The number of ether oxygens (including phenoxy) is 1. The third-order valence-electron chi connectivity index (χ3n) is 6.34. The van der Waals surface area contributed by atoms with Crippen molar-refractivity contribution in [1.82, 2.24) is 24.4 Å². The number of halogens is 1. The second kappa shape index (κ2) is 10.6. The first-order valence-electron chi connectivity index (χ1n) is 12.1. The normalized spacial score (nSPS) is 13.3. The van der Waals surface area contributed by atoms with E-state index in [0.717, 1.165) is 17.7 Å². The van der Waals surface area contributed by atoms with Gasteiger partial charge in [-0.25, -0.2) is 14.1 Å². The molecule has 1 aromatic carbocycles. The number of amides is 1. The zero-order chi connectivity index (χ0) is 26.9. The standard InChI is InChI=1S/C26H32FN5O4S/c1-16(2)32-18(15-31(3)4)12-26(29-32)37(34,35)30-24(33)14-22-19-7-6-8-20(19)23(27)13-21(22)17-9-10-28-25(11-17)36-5/h9-13,16H,6-8,14-15H2,1-5H3,(H,30,33). The Morgan fingerprint density at radius 2 is 1.95 bits per heavy atom. The number of pyridine rings is 1. The summed E-state index contributed by atoms with van der Waals surface area (Å²) in [6.07, 6.45) is 3.28. The molecule has 2 aromatic heterocycles. The molecule has 0 aliphatic heterocycles. The second-order valence-corrected chi connectivity index (χ2v) is 11.4. The fourth-order valence-electron chi connectivity index (χ4n) is 4.78. The summed E-state index contributed by atoms with van der Waals surface area (Å²) in [4.78, 5) is 19.1. The number of carbonyl (C=O) groups is 1. The number of methoxy groups -OCH3 is 1. The van der Waals surface area contributed by atoms with Crippen molar-refractivity contribution in [3.05, 3.63) is 58.7 Å². The summed E-state index contributed by atoms with van der Waals surface area (Å²) < 4.78 is 50.2. The third-order valence-corrected chi connectivity index (χ3v) is 7.59. The Morgan fingerprint density at radius 1 is 1.22 bits per heavy atom. The molecule has 1 aliphatic rings. The van der Waals surface area contributed by atoms with Crippen molar-refractivity contribution in [1.29, 1.82) is 0 Å². The van der Waals surface area contributed by atoms with Crippen LogP contribution in [0.3, 0.4) is 0 Å². The number of carbonyl (C=O) groups excluding carboxylic acids is 1. The molecule has 1 N–H and O–H groups in total. The lowest BCUT2D eigenvalue weighted by Gasteiger charge is -2.16. The number of benzene rings is 1. The van der Waals surface area contributed by atoms with Crippen molar-refractivity contribution in [2.45, 2.75) is 57.1 Å². The van der Waals surface area contributed by atoms with Crippen molar-refractivity contribution in [3.8, 4) is 17.0 Å². The first-order chi connectivity index (χ1) is 17.5. The third kappa shape index (κ3) is 5.67. The fourth-order valence-corrected chi connectivity index (χ4v) is 5.74. The minimum absolute atomic E-state index is 0.0590. The Morgan fingerprint density at radius 3 is 2.62 bits per heavy atom. The Labute approximate surface area is 216 Å². The van der Waals surface area contributed by atoms with E-state index >= 15 is 0 Å². The van der Waals surface area contributed by atoms with E-state index in [0.29, 0.717) is 47.5 Å². The number of sulfonamides is 1. The van der Waals surface area contributed by atoms with E-state index in [1.807, 2.05) is 32.8 Å². The highest BCUT2D eigenvalue weighted by atomic mass is 32.2. The van der Waals surface area contributed by atoms with Gasteiger partial charge in [-0.05, 0) is 87.2 Å². The van der Waals surface area contributed by atoms with Gasteiger partial charge < -0.3 is 9.64 Å². The summed E-state index contributed by atoms with van der Waals surface area (Å²) in [5, 5.41) is 4.05. The predicted molar refractivity (Wildman–Crippen MR) is 137 cm³/mol. The van der Waals surface area contributed by atoms with Crippen LogP contribution < -0.4 is 9.46 Å². The maximum atomic E-state index is 15.0. The molecule has 0 fully saturated rings. The van der Waals surface area contributed by atoms with Crippen LogP contribution >= 0.6 is 0 Å². The number of nitrogens with one attached hydrogen (secondary N) is 1. The number of rotatable bonds is 9. The summed E-state index contributed by atoms with van der Waals surface area (Å²) >= 11 is 0. The van der Waals surface area contributed by atoms with Gasteiger partial charge in [-0.2, -0.15) is 13.5 Å². The Balaban J connectivity index is 1.67. The van der Waals surface area contributed by atoms with Gasteiger partial charge in [0.05, 0.1) is 19.2 Å². The molecule has 0 atom stereocenters. The highest BCUT2D eigenvalue weighted by Crippen LogP contribution is 2.36. The molecular weight excluding hydrogens is 497 g/mol. The van der Waals surface area contributed by atoms with E-state index in [1.54, 1.807) is 23.0 Å². The SMILES string of the molecule is COc1cc(-c2cc(F)c3c(c2CC(=O)NS(=O)(=O)c2cc(CN(C)C)n(C(C)C)n2)CCC3)ccn1. The van der Waals surface area contributed by atoms with Crippen molar-refractivity contribution in [2.75, 3.05) is 21.2 Å². The van der Waals surface area contributed by atoms with Gasteiger partial charge in [0.15, 0.2) is 5.03 Å². The molecule has 1 amide bonds. The molecule has 0 saturated heterocycles. The van der Waals surface area contributed by atoms with Crippen molar-refractivity contribution >= 4 is 15.9 Å². The quantitative estimate of drug-likeness (QED) is 0.453. The summed E-state index contributed by atoms with van der Waals surface area (Å²) in [5.41, 5.74) is 3.82. The lowest BCUT2D eigenvalue weighted by molar-refractivity contribution is -0.118. The van der Waals surface area contributed by atoms with Crippen molar-refractivity contribution in [2.24, 2.45) is 0 Å². The van der Waals surface area contributed by atoms with Crippen LogP contribution in [0.25, 0.3) is 11.1 Å². The molecule has 0 spiro atoms. The van der Waals surface area contributed by atoms with E-state index in [9.17, 15) is 17.6 Å².